The standard InChI is InChI=1S/C14H30N2O2/c1-3-13(2)11-14(12-15,7-10-18-13)16-8-5-4-6-9-17/h16-17H,3-12,15H2,1-2H3. The highest BCUT2D eigenvalue weighted by Crippen LogP contribution is 2.33. The Labute approximate surface area is 111 Å². The Morgan fingerprint density at radius 1 is 1.33 bits per heavy atom. The Bertz CT molecular complexity index is 238. The van der Waals surface area contributed by atoms with Crippen LogP contribution in [-0.2, 0) is 4.74 Å². The number of aliphatic hydroxyl groups excluding tert-OH is 1. The normalized spacial score (nSPS) is 32.7. The van der Waals surface area contributed by atoms with Gasteiger partial charge in [-0.1, -0.05) is 6.92 Å². The quantitative estimate of drug-likeness (QED) is 0.576. The molecule has 0 aromatic rings. The van der Waals surface area contributed by atoms with Gasteiger partial charge < -0.3 is 20.9 Å². The highest BCUT2D eigenvalue weighted by atomic mass is 16.5. The number of unbranched alkanes of at least 4 members (excludes halogenated alkanes) is 2. The van der Waals surface area contributed by atoms with Crippen LogP contribution in [0.4, 0.5) is 0 Å². The molecule has 4 heteroatoms. The first kappa shape index (κ1) is 15.9. The third-order valence-corrected chi connectivity index (χ3v) is 4.22. The van der Waals surface area contributed by atoms with Gasteiger partial charge in [-0.05, 0) is 52.0 Å². The Balaban J connectivity index is 2.41. The summed E-state index contributed by atoms with van der Waals surface area (Å²) in [6.45, 7) is 7.11. The smallest absolute Gasteiger partial charge is 0.0670 e. The largest absolute Gasteiger partial charge is 0.396 e. The summed E-state index contributed by atoms with van der Waals surface area (Å²) in [5.41, 5.74) is 6.01. The van der Waals surface area contributed by atoms with Gasteiger partial charge in [-0.2, -0.15) is 0 Å². The highest BCUT2D eigenvalue weighted by molar-refractivity contribution is 4.98. The van der Waals surface area contributed by atoms with Crippen LogP contribution in [0, 0.1) is 0 Å². The first-order chi connectivity index (χ1) is 8.60. The Kier molecular flexibility index (Phi) is 6.57. The molecule has 2 unspecified atom stereocenters. The van der Waals surface area contributed by atoms with Crippen molar-refractivity contribution in [2.75, 3.05) is 26.3 Å². The van der Waals surface area contributed by atoms with Gasteiger partial charge in [-0.25, -0.2) is 0 Å². The summed E-state index contributed by atoms with van der Waals surface area (Å²) >= 11 is 0. The maximum atomic E-state index is 8.75. The van der Waals surface area contributed by atoms with E-state index in [0.29, 0.717) is 13.2 Å². The van der Waals surface area contributed by atoms with Crippen molar-refractivity contribution in [3.63, 3.8) is 0 Å². The molecule has 0 radical (unpaired) electrons. The van der Waals surface area contributed by atoms with Gasteiger partial charge in [0.15, 0.2) is 0 Å². The molecule has 0 amide bonds. The molecule has 0 aromatic heterocycles. The van der Waals surface area contributed by atoms with Crippen molar-refractivity contribution in [3.05, 3.63) is 0 Å². The number of hydrogen-bond acceptors (Lipinski definition) is 4. The molecule has 0 aliphatic carbocycles. The molecule has 1 fully saturated rings. The van der Waals surface area contributed by atoms with E-state index in [1.54, 1.807) is 0 Å². The third-order valence-electron chi connectivity index (χ3n) is 4.22. The molecule has 1 rings (SSSR count). The fourth-order valence-corrected chi connectivity index (χ4v) is 2.74. The van der Waals surface area contributed by atoms with E-state index in [1.165, 1.54) is 0 Å². The number of rotatable bonds is 8. The van der Waals surface area contributed by atoms with Crippen molar-refractivity contribution >= 4 is 0 Å². The lowest BCUT2D eigenvalue weighted by Gasteiger charge is -2.46. The molecular weight excluding hydrogens is 228 g/mol. The summed E-state index contributed by atoms with van der Waals surface area (Å²) in [6.07, 6.45) is 6.10. The van der Waals surface area contributed by atoms with Crippen molar-refractivity contribution in [2.45, 2.75) is 63.5 Å². The van der Waals surface area contributed by atoms with Gasteiger partial charge in [0.05, 0.1) is 5.60 Å². The second-order valence-corrected chi connectivity index (χ2v) is 5.77. The fourth-order valence-electron chi connectivity index (χ4n) is 2.74. The number of nitrogens with two attached hydrogens (primary N) is 1. The van der Waals surface area contributed by atoms with E-state index in [2.05, 4.69) is 19.2 Å². The van der Waals surface area contributed by atoms with Gasteiger partial charge in [-0.3, -0.25) is 0 Å². The zero-order chi connectivity index (χ0) is 13.5. The monoisotopic (exact) mass is 258 g/mol. The Hall–Kier alpha value is -0.160. The lowest BCUT2D eigenvalue weighted by atomic mass is 9.79. The van der Waals surface area contributed by atoms with Crippen molar-refractivity contribution < 1.29 is 9.84 Å². The predicted octanol–water partition coefficient (Wildman–Crippen LogP) is 1.42. The molecular formula is C14H30N2O2. The first-order valence-corrected chi connectivity index (χ1v) is 7.30. The van der Waals surface area contributed by atoms with Gasteiger partial charge >= 0.3 is 0 Å². The van der Waals surface area contributed by atoms with Crippen LogP contribution in [0.1, 0.15) is 52.4 Å². The van der Waals surface area contributed by atoms with Crippen molar-refractivity contribution in [2.24, 2.45) is 5.73 Å². The van der Waals surface area contributed by atoms with E-state index >= 15 is 0 Å². The lowest BCUT2D eigenvalue weighted by molar-refractivity contribution is -0.0994. The second-order valence-electron chi connectivity index (χ2n) is 5.77. The van der Waals surface area contributed by atoms with Crippen LogP contribution < -0.4 is 11.1 Å². The molecule has 1 aliphatic rings. The third kappa shape index (κ3) is 4.50. The molecule has 1 aliphatic heterocycles. The Morgan fingerprint density at radius 3 is 2.72 bits per heavy atom. The molecule has 1 saturated heterocycles. The van der Waals surface area contributed by atoms with E-state index in [9.17, 15) is 0 Å². The summed E-state index contributed by atoms with van der Waals surface area (Å²) in [7, 11) is 0. The van der Waals surface area contributed by atoms with Gasteiger partial charge in [0.25, 0.3) is 0 Å². The van der Waals surface area contributed by atoms with E-state index in [4.69, 9.17) is 15.6 Å². The zero-order valence-electron chi connectivity index (χ0n) is 12.0. The van der Waals surface area contributed by atoms with Crippen molar-refractivity contribution in [1.82, 2.24) is 5.32 Å². The molecule has 4 N–H and O–H groups in total. The van der Waals surface area contributed by atoms with Crippen LogP contribution in [0.3, 0.4) is 0 Å². The summed E-state index contributed by atoms with van der Waals surface area (Å²) in [5.74, 6) is 0. The number of nitrogens with one attached hydrogen (secondary N) is 1. The molecule has 108 valence electrons. The SMILES string of the molecule is CCC1(C)CC(CN)(NCCCCCO)CCO1. The second kappa shape index (κ2) is 7.43. The van der Waals surface area contributed by atoms with Crippen LogP contribution in [0.15, 0.2) is 0 Å². The first-order valence-electron chi connectivity index (χ1n) is 7.30. The summed E-state index contributed by atoms with van der Waals surface area (Å²) < 4.78 is 5.89. The Morgan fingerprint density at radius 2 is 2.11 bits per heavy atom. The van der Waals surface area contributed by atoms with Gasteiger partial charge in [0.1, 0.15) is 0 Å². The average Bonchev–Trinajstić information content (AvgIpc) is 2.39. The van der Waals surface area contributed by atoms with Crippen LogP contribution in [0.25, 0.3) is 0 Å². The molecule has 2 atom stereocenters. The topological polar surface area (TPSA) is 67.5 Å². The average molecular weight is 258 g/mol. The molecule has 0 bridgehead atoms. The van der Waals surface area contributed by atoms with Crippen LogP contribution in [-0.4, -0.2) is 42.5 Å². The molecule has 0 spiro atoms. The minimum atomic E-state index is -0.0320. The summed E-state index contributed by atoms with van der Waals surface area (Å²) in [5, 5.41) is 12.4. The fraction of sp³-hybridized carbons (Fsp3) is 1.00. The molecule has 18 heavy (non-hydrogen) atoms. The maximum Gasteiger partial charge on any atom is 0.0670 e. The summed E-state index contributed by atoms with van der Waals surface area (Å²) in [6, 6.07) is 0. The van der Waals surface area contributed by atoms with E-state index in [-0.39, 0.29) is 11.1 Å². The van der Waals surface area contributed by atoms with Gasteiger partial charge in [-0.15, -0.1) is 0 Å². The predicted molar refractivity (Wildman–Crippen MR) is 74.6 cm³/mol. The highest BCUT2D eigenvalue weighted by Gasteiger charge is 2.40. The molecule has 4 nitrogen and oxygen atoms in total. The van der Waals surface area contributed by atoms with Gasteiger partial charge in [0, 0.05) is 25.3 Å². The number of aliphatic hydroxyl groups is 1. The van der Waals surface area contributed by atoms with Gasteiger partial charge in [0.2, 0.25) is 0 Å². The van der Waals surface area contributed by atoms with Crippen LogP contribution in [0.5, 0.6) is 0 Å². The van der Waals surface area contributed by atoms with Crippen LogP contribution >= 0.6 is 0 Å². The lowest BCUT2D eigenvalue weighted by Crippen LogP contribution is -2.59. The van der Waals surface area contributed by atoms with E-state index in [1.807, 2.05) is 0 Å². The maximum absolute atomic E-state index is 8.75. The number of ether oxygens (including phenoxy) is 1. The molecule has 1 heterocycles. The summed E-state index contributed by atoms with van der Waals surface area (Å²) in [4.78, 5) is 0. The zero-order valence-corrected chi connectivity index (χ0v) is 12.0. The number of hydrogen-bond donors (Lipinski definition) is 3. The molecule has 0 aromatic carbocycles. The minimum absolute atomic E-state index is 0.0320. The molecule has 0 saturated carbocycles. The van der Waals surface area contributed by atoms with Crippen molar-refractivity contribution in [3.8, 4) is 0 Å². The van der Waals surface area contributed by atoms with E-state index in [0.717, 1.165) is 51.7 Å². The minimum Gasteiger partial charge on any atom is -0.396 e. The van der Waals surface area contributed by atoms with E-state index < -0.39 is 0 Å². The van der Waals surface area contributed by atoms with Crippen LogP contribution in [0.2, 0.25) is 0 Å². The van der Waals surface area contributed by atoms with Crippen molar-refractivity contribution in [1.29, 1.82) is 0 Å².